The molecule has 1 aliphatic heterocycles. The van der Waals surface area contributed by atoms with Crippen LogP contribution in [0.15, 0.2) is 48.2 Å². The number of anilines is 1. The molecular formula is C21H18F3N5OS. The van der Waals surface area contributed by atoms with Crippen LogP contribution in [0.3, 0.4) is 0 Å². The Hall–Kier alpha value is -3.01. The zero-order chi connectivity index (χ0) is 21.6. The van der Waals surface area contributed by atoms with Gasteiger partial charge in [0.1, 0.15) is 16.5 Å². The molecule has 160 valence electrons. The Bertz CT molecular complexity index is 1090. The first-order valence-electron chi connectivity index (χ1n) is 9.86. The number of nitrogens with one attached hydrogen (secondary N) is 1. The molecule has 3 atom stereocenters. The maximum absolute atomic E-state index is 13.4. The molecule has 0 radical (unpaired) electrons. The fourth-order valence-corrected chi connectivity index (χ4v) is 5.16. The van der Waals surface area contributed by atoms with E-state index >= 15 is 0 Å². The highest BCUT2D eigenvalue weighted by atomic mass is 32.1. The van der Waals surface area contributed by atoms with E-state index in [0.717, 1.165) is 30.1 Å². The number of likely N-dealkylation sites (tertiary alicyclic amines) is 1. The van der Waals surface area contributed by atoms with Crippen molar-refractivity contribution in [2.24, 2.45) is 5.92 Å². The number of hydrogen-bond acceptors (Lipinski definition) is 6. The van der Waals surface area contributed by atoms with Crippen molar-refractivity contribution in [3.8, 4) is 10.6 Å². The predicted molar refractivity (Wildman–Crippen MR) is 110 cm³/mol. The van der Waals surface area contributed by atoms with Crippen LogP contribution in [0, 0.1) is 5.92 Å². The van der Waals surface area contributed by atoms with Crippen LogP contribution in [-0.4, -0.2) is 44.4 Å². The Morgan fingerprint density at radius 2 is 2.00 bits per heavy atom. The lowest BCUT2D eigenvalue weighted by molar-refractivity contribution is -0.137. The predicted octanol–water partition coefficient (Wildman–Crippen LogP) is 4.33. The van der Waals surface area contributed by atoms with E-state index in [-0.39, 0.29) is 18.0 Å². The maximum Gasteiger partial charge on any atom is 0.417 e. The van der Waals surface area contributed by atoms with Crippen molar-refractivity contribution < 1.29 is 18.0 Å². The smallest absolute Gasteiger partial charge is 0.365 e. The van der Waals surface area contributed by atoms with Crippen molar-refractivity contribution in [1.82, 2.24) is 19.9 Å². The van der Waals surface area contributed by atoms with E-state index in [2.05, 4.69) is 20.3 Å². The molecule has 31 heavy (non-hydrogen) atoms. The third-order valence-electron chi connectivity index (χ3n) is 5.84. The molecule has 1 saturated heterocycles. The van der Waals surface area contributed by atoms with Gasteiger partial charge in [-0.1, -0.05) is 0 Å². The van der Waals surface area contributed by atoms with Gasteiger partial charge in [-0.2, -0.15) is 13.2 Å². The van der Waals surface area contributed by atoms with Gasteiger partial charge >= 0.3 is 6.18 Å². The van der Waals surface area contributed by atoms with Gasteiger partial charge < -0.3 is 10.2 Å². The molecule has 10 heteroatoms. The molecule has 3 aromatic rings. The summed E-state index contributed by atoms with van der Waals surface area (Å²) in [6.45, 7) is 0.649. The van der Waals surface area contributed by atoms with Gasteiger partial charge in [0.2, 0.25) is 0 Å². The average molecular weight is 445 g/mol. The number of hydrogen-bond donors (Lipinski definition) is 1. The summed E-state index contributed by atoms with van der Waals surface area (Å²) in [4.78, 5) is 27.8. The monoisotopic (exact) mass is 445 g/mol. The second-order valence-corrected chi connectivity index (χ2v) is 8.67. The highest BCUT2D eigenvalue weighted by Gasteiger charge is 2.47. The molecule has 1 amide bonds. The van der Waals surface area contributed by atoms with Gasteiger partial charge in [0.15, 0.2) is 0 Å². The Balaban J connectivity index is 1.35. The van der Waals surface area contributed by atoms with Crippen LogP contribution in [0.5, 0.6) is 0 Å². The fourth-order valence-electron chi connectivity index (χ4n) is 4.49. The van der Waals surface area contributed by atoms with E-state index in [4.69, 9.17) is 0 Å². The van der Waals surface area contributed by atoms with E-state index in [0.29, 0.717) is 29.5 Å². The van der Waals surface area contributed by atoms with Crippen LogP contribution in [-0.2, 0) is 6.18 Å². The number of pyridine rings is 2. The number of alkyl halides is 3. The van der Waals surface area contributed by atoms with Crippen LogP contribution < -0.4 is 5.32 Å². The molecule has 2 bridgehead atoms. The summed E-state index contributed by atoms with van der Waals surface area (Å²) in [5.41, 5.74) is 0.295. The van der Waals surface area contributed by atoms with E-state index in [1.54, 1.807) is 18.5 Å². The number of fused-ring (bicyclic) bond motifs is 2. The Morgan fingerprint density at radius 3 is 2.68 bits per heavy atom. The molecule has 2 fully saturated rings. The van der Waals surface area contributed by atoms with Crippen LogP contribution in [0.4, 0.5) is 19.0 Å². The van der Waals surface area contributed by atoms with Crippen molar-refractivity contribution in [2.45, 2.75) is 31.1 Å². The second kappa shape index (κ2) is 7.60. The van der Waals surface area contributed by atoms with Gasteiger partial charge in [-0.3, -0.25) is 9.78 Å². The van der Waals surface area contributed by atoms with Gasteiger partial charge in [-0.15, -0.1) is 11.3 Å². The molecule has 0 aromatic carbocycles. The first-order chi connectivity index (χ1) is 14.9. The number of thiazole rings is 1. The summed E-state index contributed by atoms with van der Waals surface area (Å²) in [6, 6.07) is 5.84. The summed E-state index contributed by atoms with van der Waals surface area (Å²) >= 11 is 1.45. The van der Waals surface area contributed by atoms with Crippen LogP contribution in [0.25, 0.3) is 10.6 Å². The molecular weight excluding hydrogens is 427 g/mol. The lowest BCUT2D eigenvalue weighted by Crippen LogP contribution is -2.48. The molecule has 2 aliphatic rings. The molecule has 5 rings (SSSR count). The molecule has 6 nitrogen and oxygen atoms in total. The molecule has 1 aliphatic carbocycles. The molecule has 1 saturated carbocycles. The zero-order valence-corrected chi connectivity index (χ0v) is 17.0. The third kappa shape index (κ3) is 3.76. The third-order valence-corrected chi connectivity index (χ3v) is 6.65. The molecule has 1 N–H and O–H groups in total. The largest absolute Gasteiger partial charge is 0.417 e. The number of amides is 1. The number of halogens is 3. The highest BCUT2D eigenvalue weighted by Crippen LogP contribution is 2.40. The van der Waals surface area contributed by atoms with Crippen LogP contribution >= 0.6 is 11.3 Å². The highest BCUT2D eigenvalue weighted by molar-refractivity contribution is 7.13. The van der Waals surface area contributed by atoms with Gasteiger partial charge in [0.05, 0.1) is 11.6 Å². The van der Waals surface area contributed by atoms with E-state index in [1.165, 1.54) is 17.4 Å². The molecule has 4 heterocycles. The Kier molecular flexibility index (Phi) is 4.88. The summed E-state index contributed by atoms with van der Waals surface area (Å²) < 4.78 is 38.3. The number of aromatic nitrogens is 3. The normalized spacial score (nSPS) is 22.7. The standard InChI is InChI=1S/C21H18F3N5OS/c22-21(23,24)13-3-4-17(27-10-13)28-15-8-12-9-16(15)29(11-12)20(30)18-14(2-1-5-25-18)19-26-6-7-31-19/h1-7,10,12,15-16H,8-9,11H2,(H,27,28)/t12-,15-,16+/m1/s1. The van der Waals surface area contributed by atoms with Gasteiger partial charge in [-0.25, -0.2) is 9.97 Å². The first kappa shape index (κ1) is 19.9. The molecule has 3 aromatic heterocycles. The number of rotatable bonds is 4. The zero-order valence-electron chi connectivity index (χ0n) is 16.2. The molecule has 0 spiro atoms. The van der Waals surface area contributed by atoms with Gasteiger partial charge in [0.25, 0.3) is 5.91 Å². The first-order valence-corrected chi connectivity index (χ1v) is 10.7. The SMILES string of the molecule is O=C(c1ncccc1-c1nccs1)N1C[C@@H]2C[C@@H](Nc3ccc(C(F)(F)F)cn3)[C@@H]1C2. The number of carbonyl (C=O) groups excluding carboxylic acids is 1. The minimum Gasteiger partial charge on any atom is -0.365 e. The topological polar surface area (TPSA) is 71.0 Å². The summed E-state index contributed by atoms with van der Waals surface area (Å²) in [6.07, 6.45) is 1.39. The van der Waals surface area contributed by atoms with Crippen molar-refractivity contribution in [3.63, 3.8) is 0 Å². The number of carbonyl (C=O) groups is 1. The minimum absolute atomic E-state index is 0.0623. The average Bonchev–Trinajstić information content (AvgIpc) is 3.50. The quantitative estimate of drug-likeness (QED) is 0.647. The van der Waals surface area contributed by atoms with E-state index in [1.807, 2.05) is 16.3 Å². The Morgan fingerprint density at radius 1 is 1.13 bits per heavy atom. The van der Waals surface area contributed by atoms with Crippen LogP contribution in [0.1, 0.15) is 28.9 Å². The summed E-state index contributed by atoms with van der Waals surface area (Å²) in [5, 5.41) is 5.82. The summed E-state index contributed by atoms with van der Waals surface area (Å²) in [7, 11) is 0. The number of nitrogens with zero attached hydrogens (tertiary/aromatic N) is 4. The van der Waals surface area contributed by atoms with Crippen molar-refractivity contribution in [2.75, 3.05) is 11.9 Å². The van der Waals surface area contributed by atoms with Crippen molar-refractivity contribution in [3.05, 3.63) is 59.5 Å². The minimum atomic E-state index is -4.42. The van der Waals surface area contributed by atoms with Gasteiger partial charge in [-0.05, 0) is 43.0 Å². The molecule has 0 unspecified atom stereocenters. The number of piperidine rings is 1. The fraction of sp³-hybridized carbons (Fsp3) is 0.333. The summed E-state index contributed by atoms with van der Waals surface area (Å²) in [5.74, 6) is 0.567. The maximum atomic E-state index is 13.4. The second-order valence-electron chi connectivity index (χ2n) is 7.78. The van der Waals surface area contributed by atoms with E-state index in [9.17, 15) is 18.0 Å². The van der Waals surface area contributed by atoms with Crippen molar-refractivity contribution in [1.29, 1.82) is 0 Å². The Labute approximate surface area is 180 Å². The lowest BCUT2D eigenvalue weighted by atomic mass is 10.0. The lowest BCUT2D eigenvalue weighted by Gasteiger charge is -2.34. The van der Waals surface area contributed by atoms with Crippen LogP contribution in [0.2, 0.25) is 0 Å². The van der Waals surface area contributed by atoms with E-state index < -0.39 is 11.7 Å². The van der Waals surface area contributed by atoms with Gasteiger partial charge in [0, 0.05) is 42.1 Å². The van der Waals surface area contributed by atoms with Crippen molar-refractivity contribution >= 4 is 23.1 Å².